The number of amides is 1. The Morgan fingerprint density at radius 2 is 1.81 bits per heavy atom. The number of hydrogen-bond donors (Lipinski definition) is 1. The first-order valence-electron chi connectivity index (χ1n) is 10.3. The van der Waals surface area contributed by atoms with Crippen LogP contribution < -0.4 is 10.9 Å². The zero-order valence-electron chi connectivity index (χ0n) is 15.6. The van der Waals surface area contributed by atoms with Crippen molar-refractivity contribution in [3.8, 4) is 0 Å². The summed E-state index contributed by atoms with van der Waals surface area (Å²) in [5.41, 5.74) is 2.38. The van der Waals surface area contributed by atoms with Gasteiger partial charge in [0.25, 0.3) is 5.56 Å². The summed E-state index contributed by atoms with van der Waals surface area (Å²) < 4.78 is 1.71. The van der Waals surface area contributed by atoms with Crippen molar-refractivity contribution >= 4 is 5.91 Å². The van der Waals surface area contributed by atoms with Crippen molar-refractivity contribution in [2.24, 2.45) is 5.92 Å². The van der Waals surface area contributed by atoms with E-state index in [1.807, 2.05) is 6.07 Å². The molecule has 0 radical (unpaired) electrons. The van der Waals surface area contributed by atoms with Crippen LogP contribution in [0.1, 0.15) is 56.2 Å². The van der Waals surface area contributed by atoms with E-state index >= 15 is 0 Å². The van der Waals surface area contributed by atoms with E-state index < -0.39 is 0 Å². The van der Waals surface area contributed by atoms with E-state index in [0.29, 0.717) is 18.4 Å². The van der Waals surface area contributed by atoms with Crippen LogP contribution in [0.4, 0.5) is 0 Å². The molecule has 1 atom stereocenters. The number of piperidine rings is 2. The first-order valence-corrected chi connectivity index (χ1v) is 10.3. The molecule has 3 aliphatic rings. The fourth-order valence-electron chi connectivity index (χ4n) is 4.66. The van der Waals surface area contributed by atoms with Gasteiger partial charge in [0.05, 0.1) is 5.69 Å². The third-order valence-electron chi connectivity index (χ3n) is 6.21. The molecule has 1 aliphatic carbocycles. The van der Waals surface area contributed by atoms with Crippen LogP contribution in [0.25, 0.3) is 0 Å². The highest BCUT2D eigenvalue weighted by atomic mass is 16.1. The number of rotatable bonds is 4. The van der Waals surface area contributed by atoms with Crippen molar-refractivity contribution in [1.29, 1.82) is 0 Å². The smallest absolute Gasteiger partial charge is 0.267 e. The molecule has 2 fully saturated rings. The number of carbonyl (C=O) groups excluding carboxylic acids is 1. The summed E-state index contributed by atoms with van der Waals surface area (Å²) in [4.78, 5) is 26.4. The van der Waals surface area contributed by atoms with E-state index in [4.69, 9.17) is 0 Å². The fraction of sp³-hybridized carbons (Fsp3) is 0.750. The summed E-state index contributed by atoms with van der Waals surface area (Å²) in [6, 6.07) is 2.14. The van der Waals surface area contributed by atoms with Gasteiger partial charge in [-0.05, 0) is 75.9 Å². The lowest BCUT2D eigenvalue weighted by Crippen LogP contribution is -2.48. The predicted molar refractivity (Wildman–Crippen MR) is 100 cm³/mol. The molecule has 0 bridgehead atoms. The lowest BCUT2D eigenvalue weighted by molar-refractivity contribution is -0.123. The molecule has 0 spiro atoms. The molecule has 2 aliphatic heterocycles. The molecule has 2 saturated heterocycles. The molecule has 1 amide bonds. The molecule has 1 N–H and O–H groups in total. The molecular weight excluding hydrogens is 328 g/mol. The average molecular weight is 358 g/mol. The normalized spacial score (nSPS) is 24.9. The molecule has 1 aromatic rings. The summed E-state index contributed by atoms with van der Waals surface area (Å²) in [7, 11) is 0. The number of nitrogens with zero attached hydrogens (tertiary/aromatic N) is 3. The van der Waals surface area contributed by atoms with Crippen molar-refractivity contribution in [1.82, 2.24) is 20.0 Å². The highest BCUT2D eigenvalue weighted by Crippen LogP contribution is 2.21. The lowest BCUT2D eigenvalue weighted by Gasteiger charge is -2.35. The zero-order chi connectivity index (χ0) is 17.9. The molecule has 26 heavy (non-hydrogen) atoms. The Bertz CT molecular complexity index is 706. The molecule has 0 saturated carbocycles. The Balaban J connectivity index is 1.30. The Kier molecular flexibility index (Phi) is 5.38. The van der Waals surface area contributed by atoms with E-state index in [2.05, 4.69) is 15.3 Å². The van der Waals surface area contributed by atoms with Crippen LogP contribution in [0.5, 0.6) is 0 Å². The molecule has 1 unspecified atom stereocenters. The molecule has 4 rings (SSSR count). The molecule has 6 heteroatoms. The molecule has 1 aromatic heterocycles. The van der Waals surface area contributed by atoms with Gasteiger partial charge in [0.1, 0.15) is 0 Å². The Labute approximate surface area is 155 Å². The number of carbonyl (C=O) groups is 1. The number of hydrogen-bond acceptors (Lipinski definition) is 4. The van der Waals surface area contributed by atoms with Crippen LogP contribution in [-0.2, 0) is 24.2 Å². The maximum atomic E-state index is 12.4. The van der Waals surface area contributed by atoms with Crippen LogP contribution in [0, 0.1) is 5.92 Å². The second kappa shape index (κ2) is 7.91. The minimum absolute atomic E-state index is 0.0676. The van der Waals surface area contributed by atoms with Crippen molar-refractivity contribution in [2.45, 2.75) is 70.4 Å². The van der Waals surface area contributed by atoms with E-state index in [9.17, 15) is 9.59 Å². The van der Waals surface area contributed by atoms with Gasteiger partial charge in [-0.15, -0.1) is 0 Å². The van der Waals surface area contributed by atoms with Gasteiger partial charge in [-0.25, -0.2) is 4.68 Å². The van der Waals surface area contributed by atoms with Gasteiger partial charge < -0.3 is 10.2 Å². The van der Waals surface area contributed by atoms with Gasteiger partial charge in [0.15, 0.2) is 0 Å². The van der Waals surface area contributed by atoms with E-state index in [1.54, 1.807) is 4.68 Å². The van der Waals surface area contributed by atoms with Gasteiger partial charge in [0, 0.05) is 31.6 Å². The average Bonchev–Trinajstić information content (AvgIpc) is 2.64. The highest BCUT2D eigenvalue weighted by Gasteiger charge is 2.25. The fourth-order valence-corrected chi connectivity index (χ4v) is 4.66. The zero-order valence-corrected chi connectivity index (χ0v) is 15.6. The quantitative estimate of drug-likeness (QED) is 0.886. The van der Waals surface area contributed by atoms with E-state index in [1.165, 1.54) is 18.4 Å². The van der Waals surface area contributed by atoms with Gasteiger partial charge in [-0.3, -0.25) is 9.59 Å². The first-order chi connectivity index (χ1) is 12.7. The summed E-state index contributed by atoms with van der Waals surface area (Å²) >= 11 is 0. The summed E-state index contributed by atoms with van der Waals surface area (Å²) in [6.07, 6.45) is 9.39. The monoisotopic (exact) mass is 358 g/mol. The van der Waals surface area contributed by atoms with E-state index in [-0.39, 0.29) is 11.5 Å². The maximum absolute atomic E-state index is 12.4. The summed E-state index contributed by atoms with van der Waals surface area (Å²) in [6.45, 7) is 3.82. The van der Waals surface area contributed by atoms with E-state index in [0.717, 1.165) is 70.4 Å². The first kappa shape index (κ1) is 17.7. The largest absolute Gasteiger partial charge is 0.352 e. The number of aromatic nitrogens is 2. The molecule has 142 valence electrons. The molecule has 0 aromatic carbocycles. The number of likely N-dealkylation sites (tertiary alicyclic amines) is 1. The maximum Gasteiger partial charge on any atom is 0.267 e. The summed E-state index contributed by atoms with van der Waals surface area (Å²) in [5.74, 6) is 0.730. The van der Waals surface area contributed by atoms with Crippen LogP contribution in [0.15, 0.2) is 10.9 Å². The SMILES string of the molecule is O=C1CCCC(CN2CCC(Cn3nc4c(cc3=O)CCCC4)CC2)N1. The third kappa shape index (κ3) is 4.17. The minimum atomic E-state index is 0.0676. The Morgan fingerprint density at radius 1 is 1.00 bits per heavy atom. The molecular formula is C20H30N4O2. The predicted octanol–water partition coefficient (Wildman–Crippen LogP) is 1.50. The van der Waals surface area contributed by atoms with Gasteiger partial charge >= 0.3 is 0 Å². The highest BCUT2D eigenvalue weighted by molar-refractivity contribution is 5.76. The van der Waals surface area contributed by atoms with Gasteiger partial charge in [-0.2, -0.15) is 5.10 Å². The van der Waals surface area contributed by atoms with Crippen LogP contribution in [0.2, 0.25) is 0 Å². The van der Waals surface area contributed by atoms with Crippen molar-refractivity contribution in [3.05, 3.63) is 27.7 Å². The van der Waals surface area contributed by atoms with Crippen LogP contribution >= 0.6 is 0 Å². The van der Waals surface area contributed by atoms with Crippen LogP contribution in [0.3, 0.4) is 0 Å². The number of fused-ring (bicyclic) bond motifs is 1. The number of nitrogens with one attached hydrogen (secondary N) is 1. The lowest BCUT2D eigenvalue weighted by atomic mass is 9.95. The van der Waals surface area contributed by atoms with Gasteiger partial charge in [0.2, 0.25) is 5.91 Å². The standard InChI is InChI=1S/C20H30N4O2/c25-19-7-3-5-17(21-19)14-23-10-8-15(9-11-23)13-24-20(26)12-16-4-1-2-6-18(16)22-24/h12,15,17H,1-11,13-14H2,(H,21,25). The van der Waals surface area contributed by atoms with Crippen molar-refractivity contribution in [3.63, 3.8) is 0 Å². The van der Waals surface area contributed by atoms with Gasteiger partial charge in [-0.1, -0.05) is 0 Å². The van der Waals surface area contributed by atoms with Crippen molar-refractivity contribution < 1.29 is 4.79 Å². The Morgan fingerprint density at radius 3 is 2.62 bits per heavy atom. The van der Waals surface area contributed by atoms with Crippen LogP contribution in [-0.4, -0.2) is 46.3 Å². The molecule has 3 heterocycles. The Hall–Kier alpha value is -1.69. The second-order valence-corrected chi connectivity index (χ2v) is 8.24. The number of aryl methyl sites for hydroxylation is 2. The molecule has 6 nitrogen and oxygen atoms in total. The summed E-state index contributed by atoms with van der Waals surface area (Å²) in [5, 5.41) is 7.79. The third-order valence-corrected chi connectivity index (χ3v) is 6.21. The minimum Gasteiger partial charge on any atom is -0.352 e. The second-order valence-electron chi connectivity index (χ2n) is 8.24. The topological polar surface area (TPSA) is 67.2 Å². The van der Waals surface area contributed by atoms with Crippen molar-refractivity contribution in [2.75, 3.05) is 19.6 Å².